The largest absolute Gasteiger partial charge is 0.460 e. The lowest BCUT2D eigenvalue weighted by Crippen LogP contribution is -2.62. The van der Waals surface area contributed by atoms with E-state index in [1.807, 2.05) is 36.1 Å². The summed E-state index contributed by atoms with van der Waals surface area (Å²) in [6.07, 6.45) is -6.52. The Balaban J connectivity index is 2.01. The maximum atomic E-state index is 13.5. The maximum Gasteiger partial charge on any atom is 0.460 e. The van der Waals surface area contributed by atoms with Crippen molar-refractivity contribution in [3.05, 3.63) is 35.4 Å². The SMILES string of the molecule is Cc1ccccc1CN1CCN(C(=O)C(F)(F)C(F)(F)C(F)(F)F)CC1. The Labute approximate surface area is 145 Å². The van der Waals surface area contributed by atoms with Crippen LogP contribution in [0.2, 0.25) is 0 Å². The molecule has 0 unspecified atom stereocenters. The summed E-state index contributed by atoms with van der Waals surface area (Å²) in [4.78, 5) is 13.8. The van der Waals surface area contributed by atoms with Crippen LogP contribution in [0.15, 0.2) is 24.3 Å². The zero-order valence-electron chi connectivity index (χ0n) is 13.8. The molecule has 1 saturated heterocycles. The third-order valence-corrected chi connectivity index (χ3v) is 4.33. The van der Waals surface area contributed by atoms with Gasteiger partial charge in [0, 0.05) is 32.7 Å². The van der Waals surface area contributed by atoms with Crippen LogP contribution >= 0.6 is 0 Å². The first kappa shape index (κ1) is 20.5. The molecule has 0 atom stereocenters. The molecule has 1 aliphatic heterocycles. The van der Waals surface area contributed by atoms with Crippen molar-refractivity contribution >= 4 is 5.91 Å². The number of carbonyl (C=O) groups excluding carboxylic acids is 1. The molecule has 1 aromatic carbocycles. The van der Waals surface area contributed by atoms with E-state index in [2.05, 4.69) is 0 Å². The van der Waals surface area contributed by atoms with Gasteiger partial charge in [0.05, 0.1) is 0 Å². The van der Waals surface area contributed by atoms with E-state index in [9.17, 15) is 35.5 Å². The van der Waals surface area contributed by atoms with Gasteiger partial charge in [0.15, 0.2) is 0 Å². The van der Waals surface area contributed by atoms with Crippen LogP contribution in [-0.2, 0) is 11.3 Å². The standard InChI is InChI=1S/C16H17F7N2O/c1-11-4-2-3-5-12(11)10-24-6-8-25(9-7-24)13(26)14(17,18)15(19,20)16(21,22)23/h2-5H,6-10H2,1H3. The highest BCUT2D eigenvalue weighted by atomic mass is 19.4. The average Bonchev–Trinajstić information content (AvgIpc) is 2.56. The van der Waals surface area contributed by atoms with Crippen LogP contribution < -0.4 is 0 Å². The second kappa shape index (κ2) is 7.05. The van der Waals surface area contributed by atoms with E-state index in [1.165, 1.54) is 0 Å². The molecule has 2 rings (SSSR count). The second-order valence-electron chi connectivity index (χ2n) is 6.14. The Bertz CT molecular complexity index is 652. The fourth-order valence-electron chi connectivity index (χ4n) is 2.65. The first-order valence-electron chi connectivity index (χ1n) is 7.76. The van der Waals surface area contributed by atoms with Crippen LogP contribution in [0.25, 0.3) is 0 Å². The van der Waals surface area contributed by atoms with Gasteiger partial charge in [-0.3, -0.25) is 9.69 Å². The summed E-state index contributed by atoms with van der Waals surface area (Å²) in [6.45, 7) is 1.82. The van der Waals surface area contributed by atoms with Gasteiger partial charge in [-0.15, -0.1) is 0 Å². The van der Waals surface area contributed by atoms with Gasteiger partial charge in [-0.05, 0) is 18.1 Å². The van der Waals surface area contributed by atoms with Crippen molar-refractivity contribution in [2.75, 3.05) is 26.2 Å². The third-order valence-electron chi connectivity index (χ3n) is 4.33. The minimum Gasteiger partial charge on any atom is -0.335 e. The van der Waals surface area contributed by atoms with Crippen LogP contribution in [-0.4, -0.2) is 59.9 Å². The number of rotatable bonds is 4. The summed E-state index contributed by atoms with van der Waals surface area (Å²) in [5, 5.41) is 0. The van der Waals surface area contributed by atoms with Gasteiger partial charge in [-0.1, -0.05) is 24.3 Å². The quantitative estimate of drug-likeness (QED) is 0.740. The van der Waals surface area contributed by atoms with Crippen molar-refractivity contribution in [3.8, 4) is 0 Å². The van der Waals surface area contributed by atoms with E-state index in [-0.39, 0.29) is 26.2 Å². The molecule has 3 nitrogen and oxygen atoms in total. The Hall–Kier alpha value is -1.84. The topological polar surface area (TPSA) is 23.6 Å². The molecule has 146 valence electrons. The minimum atomic E-state index is -6.52. The molecule has 1 aromatic rings. The number of alkyl halides is 7. The van der Waals surface area contributed by atoms with Crippen molar-refractivity contribution < 1.29 is 35.5 Å². The zero-order valence-corrected chi connectivity index (χ0v) is 13.8. The summed E-state index contributed by atoms with van der Waals surface area (Å²) in [5.41, 5.74) is 1.98. The predicted octanol–water partition coefficient (Wildman–Crippen LogP) is 3.47. The number of carbonyl (C=O) groups is 1. The lowest BCUT2D eigenvalue weighted by Gasteiger charge is -2.37. The van der Waals surface area contributed by atoms with Gasteiger partial charge in [0.1, 0.15) is 0 Å². The van der Waals surface area contributed by atoms with Crippen molar-refractivity contribution in [1.29, 1.82) is 0 Å². The van der Waals surface area contributed by atoms with Gasteiger partial charge >= 0.3 is 18.0 Å². The molecule has 1 fully saturated rings. The fraction of sp³-hybridized carbons (Fsp3) is 0.562. The minimum absolute atomic E-state index is 0.0910. The molecule has 0 radical (unpaired) electrons. The van der Waals surface area contributed by atoms with E-state index >= 15 is 0 Å². The highest BCUT2D eigenvalue weighted by molar-refractivity contribution is 5.85. The van der Waals surface area contributed by atoms with Crippen LogP contribution in [0.5, 0.6) is 0 Å². The number of hydrogen-bond acceptors (Lipinski definition) is 2. The van der Waals surface area contributed by atoms with Crippen LogP contribution in [0.4, 0.5) is 30.7 Å². The predicted molar refractivity (Wildman–Crippen MR) is 79.0 cm³/mol. The molecule has 1 aliphatic rings. The summed E-state index contributed by atoms with van der Waals surface area (Å²) in [6, 6.07) is 7.42. The highest BCUT2D eigenvalue weighted by Gasteiger charge is 2.76. The first-order chi connectivity index (χ1) is 11.9. The summed E-state index contributed by atoms with van der Waals surface area (Å²) < 4.78 is 89.5. The van der Waals surface area contributed by atoms with E-state index in [0.29, 0.717) is 11.4 Å². The molecular weight excluding hydrogens is 369 g/mol. The fourth-order valence-corrected chi connectivity index (χ4v) is 2.65. The van der Waals surface area contributed by atoms with Gasteiger partial charge in [0.2, 0.25) is 0 Å². The van der Waals surface area contributed by atoms with Gasteiger partial charge in [-0.2, -0.15) is 30.7 Å². The number of benzene rings is 1. The molecule has 0 aromatic heterocycles. The first-order valence-corrected chi connectivity index (χ1v) is 7.76. The van der Waals surface area contributed by atoms with E-state index in [1.54, 1.807) is 0 Å². The molecule has 0 spiro atoms. The average molecular weight is 386 g/mol. The smallest absolute Gasteiger partial charge is 0.335 e. The van der Waals surface area contributed by atoms with E-state index in [0.717, 1.165) is 11.1 Å². The van der Waals surface area contributed by atoms with Crippen LogP contribution in [0.1, 0.15) is 11.1 Å². The summed E-state index contributed by atoms with van der Waals surface area (Å²) in [5.74, 6) is -14.8. The van der Waals surface area contributed by atoms with Gasteiger partial charge < -0.3 is 4.90 Å². The van der Waals surface area contributed by atoms with Crippen molar-refractivity contribution in [3.63, 3.8) is 0 Å². The molecule has 1 heterocycles. The van der Waals surface area contributed by atoms with Crippen molar-refractivity contribution in [1.82, 2.24) is 9.80 Å². The molecule has 10 heteroatoms. The zero-order chi connectivity index (χ0) is 19.8. The van der Waals surface area contributed by atoms with Gasteiger partial charge in [-0.25, -0.2) is 0 Å². The number of amides is 1. The molecular formula is C16H17F7N2O. The molecule has 0 saturated carbocycles. The maximum absolute atomic E-state index is 13.5. The lowest BCUT2D eigenvalue weighted by molar-refractivity contribution is -0.346. The lowest BCUT2D eigenvalue weighted by atomic mass is 10.1. The Morgan fingerprint density at radius 3 is 2.00 bits per heavy atom. The van der Waals surface area contributed by atoms with E-state index < -0.39 is 23.9 Å². The van der Waals surface area contributed by atoms with Gasteiger partial charge in [0.25, 0.3) is 5.91 Å². The van der Waals surface area contributed by atoms with Crippen molar-refractivity contribution in [2.45, 2.75) is 31.5 Å². The number of nitrogens with zero attached hydrogens (tertiary/aromatic N) is 2. The summed E-state index contributed by atoms with van der Waals surface area (Å²) >= 11 is 0. The molecule has 0 aliphatic carbocycles. The number of aryl methyl sites for hydroxylation is 1. The Morgan fingerprint density at radius 1 is 0.962 bits per heavy atom. The molecule has 1 amide bonds. The van der Waals surface area contributed by atoms with Crippen LogP contribution in [0.3, 0.4) is 0 Å². The van der Waals surface area contributed by atoms with Crippen molar-refractivity contribution in [2.24, 2.45) is 0 Å². The highest BCUT2D eigenvalue weighted by Crippen LogP contribution is 2.47. The molecule has 26 heavy (non-hydrogen) atoms. The number of hydrogen-bond donors (Lipinski definition) is 0. The monoisotopic (exact) mass is 386 g/mol. The van der Waals surface area contributed by atoms with E-state index in [4.69, 9.17) is 0 Å². The third kappa shape index (κ3) is 3.79. The summed E-state index contributed by atoms with van der Waals surface area (Å²) in [7, 11) is 0. The molecule has 0 bridgehead atoms. The Morgan fingerprint density at radius 2 is 1.50 bits per heavy atom. The Kier molecular flexibility index (Phi) is 5.55. The second-order valence-corrected chi connectivity index (χ2v) is 6.14. The number of halogens is 7. The number of piperazine rings is 1. The normalized spacial score (nSPS) is 17.5. The molecule has 0 N–H and O–H groups in total. The van der Waals surface area contributed by atoms with Crippen LogP contribution in [0, 0.1) is 6.92 Å².